The van der Waals surface area contributed by atoms with E-state index in [9.17, 15) is 5.11 Å². The molecule has 1 rings (SSSR count). The van der Waals surface area contributed by atoms with Crippen LogP contribution >= 0.6 is 24.0 Å². The molecule has 1 aromatic rings. The van der Waals surface area contributed by atoms with E-state index in [1.807, 2.05) is 51.1 Å². The molecule has 0 aliphatic rings. The summed E-state index contributed by atoms with van der Waals surface area (Å²) in [5.41, 5.74) is 1.09. The number of guanidine groups is 1. The van der Waals surface area contributed by atoms with E-state index in [4.69, 9.17) is 9.47 Å². The van der Waals surface area contributed by atoms with Crippen LogP contribution in [0.25, 0.3) is 0 Å². The minimum Gasteiger partial charge on any atom is -0.389 e. The summed E-state index contributed by atoms with van der Waals surface area (Å²) in [4.78, 5) is 4.40. The van der Waals surface area contributed by atoms with Gasteiger partial charge in [0.2, 0.25) is 0 Å². The Morgan fingerprint density at radius 3 is 2.48 bits per heavy atom. The van der Waals surface area contributed by atoms with Gasteiger partial charge >= 0.3 is 0 Å². The first-order valence-corrected chi connectivity index (χ1v) is 8.45. The second-order valence-electron chi connectivity index (χ2n) is 5.76. The van der Waals surface area contributed by atoms with Crippen molar-refractivity contribution in [3.8, 4) is 0 Å². The molecule has 0 radical (unpaired) electrons. The Kier molecular flexibility index (Phi) is 13.8. The maximum atomic E-state index is 10.1. The first-order valence-electron chi connectivity index (χ1n) is 8.45. The van der Waals surface area contributed by atoms with E-state index in [1.165, 1.54) is 0 Å². The Morgan fingerprint density at radius 1 is 1.20 bits per heavy atom. The van der Waals surface area contributed by atoms with E-state index < -0.39 is 6.10 Å². The van der Waals surface area contributed by atoms with Crippen LogP contribution in [0.1, 0.15) is 32.4 Å². The number of methoxy groups -OCH3 is 1. The van der Waals surface area contributed by atoms with Crippen LogP contribution in [0, 0.1) is 0 Å². The third-order valence-electron chi connectivity index (χ3n) is 3.41. The highest BCUT2D eigenvalue weighted by Crippen LogP contribution is 2.15. The molecule has 0 aliphatic carbocycles. The molecule has 7 heteroatoms. The van der Waals surface area contributed by atoms with E-state index >= 15 is 0 Å². The second kappa shape index (κ2) is 14.3. The summed E-state index contributed by atoms with van der Waals surface area (Å²) in [5.74, 6) is 0.664. The van der Waals surface area contributed by atoms with Crippen LogP contribution < -0.4 is 10.6 Å². The Labute approximate surface area is 168 Å². The zero-order valence-corrected chi connectivity index (χ0v) is 17.9. The van der Waals surface area contributed by atoms with Crippen LogP contribution in [-0.4, -0.2) is 56.6 Å². The molecule has 0 saturated carbocycles. The first kappa shape index (κ1) is 24.1. The molecule has 25 heavy (non-hydrogen) atoms. The lowest BCUT2D eigenvalue weighted by Crippen LogP contribution is -2.44. The van der Waals surface area contributed by atoms with Gasteiger partial charge in [0.05, 0.1) is 32.0 Å². The standard InChI is InChI=1S/C18H31N3O3.HI/c1-5-19-18(21-14(2)12-23-4)20-11-17(22)13-24-15(3)16-9-7-6-8-10-16;/h6-10,14-15,17,22H,5,11-13H2,1-4H3,(H2,19,20,21);1H. The summed E-state index contributed by atoms with van der Waals surface area (Å²) in [6, 6.07) is 10.1. The Morgan fingerprint density at radius 2 is 1.88 bits per heavy atom. The lowest BCUT2D eigenvalue weighted by Gasteiger charge is -2.18. The summed E-state index contributed by atoms with van der Waals surface area (Å²) >= 11 is 0. The Balaban J connectivity index is 0.00000576. The van der Waals surface area contributed by atoms with Crippen LogP contribution in [-0.2, 0) is 9.47 Å². The molecular weight excluding hydrogens is 433 g/mol. The monoisotopic (exact) mass is 465 g/mol. The fraction of sp³-hybridized carbons (Fsp3) is 0.611. The number of nitrogens with zero attached hydrogens (tertiary/aromatic N) is 1. The van der Waals surface area contributed by atoms with Crippen molar-refractivity contribution in [2.75, 3.05) is 33.4 Å². The number of halogens is 1. The number of aliphatic hydroxyl groups excluding tert-OH is 1. The average molecular weight is 465 g/mol. The maximum Gasteiger partial charge on any atom is 0.191 e. The molecule has 0 aromatic heterocycles. The van der Waals surface area contributed by atoms with Gasteiger partial charge in [0.1, 0.15) is 0 Å². The number of hydrogen-bond acceptors (Lipinski definition) is 4. The van der Waals surface area contributed by atoms with Gasteiger partial charge in [0.25, 0.3) is 0 Å². The number of rotatable bonds is 10. The van der Waals surface area contributed by atoms with Gasteiger partial charge in [-0.3, -0.25) is 4.99 Å². The molecule has 0 bridgehead atoms. The van der Waals surface area contributed by atoms with E-state index in [2.05, 4.69) is 15.6 Å². The maximum absolute atomic E-state index is 10.1. The minimum atomic E-state index is -0.649. The third kappa shape index (κ3) is 10.6. The van der Waals surface area contributed by atoms with E-state index in [0.29, 0.717) is 12.6 Å². The molecular formula is C18H32IN3O3. The van der Waals surface area contributed by atoms with Crippen molar-refractivity contribution in [2.45, 2.75) is 39.0 Å². The molecule has 0 aliphatic heterocycles. The van der Waals surface area contributed by atoms with Crippen molar-refractivity contribution in [3.63, 3.8) is 0 Å². The third-order valence-corrected chi connectivity index (χ3v) is 3.41. The molecule has 1 aromatic carbocycles. The average Bonchev–Trinajstić information content (AvgIpc) is 2.58. The number of hydrogen-bond donors (Lipinski definition) is 3. The van der Waals surface area contributed by atoms with Gasteiger partial charge in [0.15, 0.2) is 5.96 Å². The van der Waals surface area contributed by atoms with Gasteiger partial charge in [-0.15, -0.1) is 24.0 Å². The predicted molar refractivity (Wildman–Crippen MR) is 113 cm³/mol. The summed E-state index contributed by atoms with van der Waals surface area (Å²) < 4.78 is 10.8. The normalized spacial score (nSPS) is 15.0. The molecule has 0 heterocycles. The minimum absolute atomic E-state index is 0. The summed E-state index contributed by atoms with van der Waals surface area (Å²) in [5, 5.41) is 16.5. The lowest BCUT2D eigenvalue weighted by molar-refractivity contribution is 0.00111. The molecule has 0 saturated heterocycles. The number of aliphatic hydroxyl groups is 1. The molecule has 0 amide bonds. The van der Waals surface area contributed by atoms with Crippen LogP contribution in [0.4, 0.5) is 0 Å². The van der Waals surface area contributed by atoms with Gasteiger partial charge in [0, 0.05) is 19.7 Å². The highest BCUT2D eigenvalue weighted by Gasteiger charge is 2.10. The highest BCUT2D eigenvalue weighted by atomic mass is 127. The Hall–Kier alpha value is -0.900. The zero-order chi connectivity index (χ0) is 17.8. The number of benzene rings is 1. The summed E-state index contributed by atoms with van der Waals surface area (Å²) in [6.07, 6.45) is -0.706. The number of aliphatic imine (C=N–C) groups is 1. The van der Waals surface area contributed by atoms with Crippen molar-refractivity contribution in [3.05, 3.63) is 35.9 Å². The van der Waals surface area contributed by atoms with E-state index in [0.717, 1.165) is 12.1 Å². The fourth-order valence-corrected chi connectivity index (χ4v) is 2.17. The van der Waals surface area contributed by atoms with E-state index in [-0.39, 0.29) is 49.3 Å². The van der Waals surface area contributed by atoms with E-state index in [1.54, 1.807) is 7.11 Å². The largest absolute Gasteiger partial charge is 0.389 e. The molecule has 3 unspecified atom stereocenters. The fourth-order valence-electron chi connectivity index (χ4n) is 2.17. The highest BCUT2D eigenvalue weighted by molar-refractivity contribution is 14.0. The SMILES string of the molecule is CCNC(=NCC(O)COC(C)c1ccccc1)NC(C)COC.I. The lowest BCUT2D eigenvalue weighted by atomic mass is 10.1. The molecule has 144 valence electrons. The van der Waals surface area contributed by atoms with Gasteiger partial charge in [-0.05, 0) is 26.3 Å². The predicted octanol–water partition coefficient (Wildman–Crippen LogP) is 2.33. The molecule has 6 nitrogen and oxygen atoms in total. The van der Waals surface area contributed by atoms with Crippen molar-refractivity contribution in [1.82, 2.24) is 10.6 Å². The van der Waals surface area contributed by atoms with Gasteiger partial charge < -0.3 is 25.2 Å². The molecule has 3 atom stereocenters. The van der Waals surface area contributed by atoms with Crippen molar-refractivity contribution < 1.29 is 14.6 Å². The molecule has 0 fully saturated rings. The van der Waals surface area contributed by atoms with Crippen LogP contribution in [0.5, 0.6) is 0 Å². The molecule has 0 spiro atoms. The summed E-state index contributed by atoms with van der Waals surface area (Å²) in [7, 11) is 1.66. The molecule has 3 N–H and O–H groups in total. The Bertz CT molecular complexity index is 474. The first-order chi connectivity index (χ1) is 11.6. The topological polar surface area (TPSA) is 75.1 Å². The van der Waals surface area contributed by atoms with Gasteiger partial charge in [-0.25, -0.2) is 0 Å². The van der Waals surface area contributed by atoms with Crippen molar-refractivity contribution in [2.24, 2.45) is 4.99 Å². The van der Waals surface area contributed by atoms with Crippen LogP contribution in [0.3, 0.4) is 0 Å². The van der Waals surface area contributed by atoms with Gasteiger partial charge in [-0.2, -0.15) is 0 Å². The number of nitrogens with one attached hydrogen (secondary N) is 2. The number of ether oxygens (including phenoxy) is 2. The van der Waals surface area contributed by atoms with Gasteiger partial charge in [-0.1, -0.05) is 30.3 Å². The second-order valence-corrected chi connectivity index (χ2v) is 5.76. The smallest absolute Gasteiger partial charge is 0.191 e. The quantitative estimate of drug-likeness (QED) is 0.281. The van der Waals surface area contributed by atoms with Crippen LogP contribution in [0.15, 0.2) is 35.3 Å². The zero-order valence-electron chi connectivity index (χ0n) is 15.6. The van der Waals surface area contributed by atoms with Crippen LogP contribution in [0.2, 0.25) is 0 Å². The van der Waals surface area contributed by atoms with Crippen molar-refractivity contribution >= 4 is 29.9 Å². The van der Waals surface area contributed by atoms with Crippen molar-refractivity contribution in [1.29, 1.82) is 0 Å². The summed E-state index contributed by atoms with van der Waals surface area (Å²) in [6.45, 7) is 7.84.